The zero-order chi connectivity index (χ0) is 10.7. The summed E-state index contributed by atoms with van der Waals surface area (Å²) in [6.07, 6.45) is 2.73. The summed E-state index contributed by atoms with van der Waals surface area (Å²) in [5, 5.41) is 0. The van der Waals surface area contributed by atoms with Crippen LogP contribution in [0.5, 0.6) is 0 Å². The van der Waals surface area contributed by atoms with E-state index in [1.54, 1.807) is 0 Å². The van der Waals surface area contributed by atoms with Gasteiger partial charge in [0.1, 0.15) is 0 Å². The van der Waals surface area contributed by atoms with Crippen LogP contribution in [0.2, 0.25) is 0 Å². The first kappa shape index (κ1) is 10.2. The normalized spacial score (nSPS) is 18.2. The van der Waals surface area contributed by atoms with E-state index >= 15 is 0 Å². The number of hydrogen-bond donors (Lipinski definition) is 0. The van der Waals surface area contributed by atoms with Crippen LogP contribution >= 0.6 is 0 Å². The molecule has 0 unspecified atom stereocenters. The van der Waals surface area contributed by atoms with Gasteiger partial charge in [0, 0.05) is 19.0 Å². The highest BCUT2D eigenvalue weighted by Gasteiger charge is 2.24. The van der Waals surface area contributed by atoms with Crippen LogP contribution in [0.1, 0.15) is 25.3 Å². The van der Waals surface area contributed by atoms with Crippen molar-refractivity contribution in [1.82, 2.24) is 4.90 Å². The summed E-state index contributed by atoms with van der Waals surface area (Å²) in [7, 11) is 0. The van der Waals surface area contributed by atoms with E-state index in [4.69, 9.17) is 0 Å². The molecule has 1 aromatic rings. The standard InChI is InChI=1S/C13H17NO/c1-11(14-9-5-8-13(14)15)10-12-6-3-2-4-7-12/h2-4,6-7,11H,5,8-10H2,1H3/t11-/m1/s1. The van der Waals surface area contributed by atoms with Gasteiger partial charge in [-0.3, -0.25) is 4.79 Å². The monoisotopic (exact) mass is 203 g/mol. The molecule has 0 spiro atoms. The van der Waals surface area contributed by atoms with Crippen molar-refractivity contribution in [2.24, 2.45) is 0 Å². The highest BCUT2D eigenvalue weighted by molar-refractivity contribution is 5.78. The Balaban J connectivity index is 1.97. The van der Waals surface area contributed by atoms with Gasteiger partial charge in [-0.2, -0.15) is 0 Å². The number of carbonyl (C=O) groups is 1. The summed E-state index contributed by atoms with van der Waals surface area (Å²) in [6.45, 7) is 3.07. The Morgan fingerprint density at radius 1 is 1.33 bits per heavy atom. The fraction of sp³-hybridized carbons (Fsp3) is 0.462. The van der Waals surface area contributed by atoms with Gasteiger partial charge in [-0.05, 0) is 25.3 Å². The molecular weight excluding hydrogens is 186 g/mol. The summed E-state index contributed by atoms with van der Waals surface area (Å²) in [6, 6.07) is 10.7. The molecule has 2 nitrogen and oxygen atoms in total. The number of benzene rings is 1. The lowest BCUT2D eigenvalue weighted by molar-refractivity contribution is -0.129. The first-order chi connectivity index (χ1) is 7.27. The van der Waals surface area contributed by atoms with Crippen molar-refractivity contribution in [2.45, 2.75) is 32.2 Å². The molecule has 1 fully saturated rings. The Labute approximate surface area is 90.9 Å². The minimum Gasteiger partial charge on any atom is -0.340 e. The predicted molar refractivity (Wildman–Crippen MR) is 60.6 cm³/mol. The third kappa shape index (κ3) is 2.38. The van der Waals surface area contributed by atoms with Crippen LogP contribution in [-0.4, -0.2) is 23.4 Å². The van der Waals surface area contributed by atoms with Gasteiger partial charge < -0.3 is 4.90 Å². The van der Waals surface area contributed by atoms with Gasteiger partial charge in [-0.15, -0.1) is 0 Å². The second-order valence-corrected chi connectivity index (χ2v) is 4.23. The van der Waals surface area contributed by atoms with Crippen molar-refractivity contribution in [1.29, 1.82) is 0 Å². The zero-order valence-corrected chi connectivity index (χ0v) is 9.15. The smallest absolute Gasteiger partial charge is 0.222 e. The average molecular weight is 203 g/mol. The lowest BCUT2D eigenvalue weighted by Gasteiger charge is -2.24. The van der Waals surface area contributed by atoms with Gasteiger partial charge >= 0.3 is 0 Å². The van der Waals surface area contributed by atoms with Crippen molar-refractivity contribution >= 4 is 5.91 Å². The predicted octanol–water partition coefficient (Wildman–Crippen LogP) is 2.24. The fourth-order valence-electron chi connectivity index (χ4n) is 2.20. The third-order valence-corrected chi connectivity index (χ3v) is 3.02. The Kier molecular flexibility index (Phi) is 3.05. The van der Waals surface area contributed by atoms with Crippen molar-refractivity contribution in [3.63, 3.8) is 0 Å². The highest BCUT2D eigenvalue weighted by atomic mass is 16.2. The molecule has 1 aliphatic heterocycles. The highest BCUT2D eigenvalue weighted by Crippen LogP contribution is 2.16. The van der Waals surface area contributed by atoms with E-state index in [-0.39, 0.29) is 0 Å². The Morgan fingerprint density at radius 2 is 2.07 bits per heavy atom. The Bertz CT molecular complexity index is 334. The summed E-state index contributed by atoms with van der Waals surface area (Å²) >= 11 is 0. The SMILES string of the molecule is C[C@H](Cc1ccccc1)N1CCCC1=O. The molecule has 0 N–H and O–H groups in total. The van der Waals surface area contributed by atoms with E-state index in [2.05, 4.69) is 19.1 Å². The molecule has 2 heteroatoms. The first-order valence-electron chi connectivity index (χ1n) is 5.61. The molecule has 0 bridgehead atoms. The lowest BCUT2D eigenvalue weighted by Crippen LogP contribution is -2.35. The molecule has 1 aliphatic rings. The van der Waals surface area contributed by atoms with E-state index in [1.807, 2.05) is 23.1 Å². The minimum atomic E-state index is 0.318. The molecule has 0 saturated carbocycles. The summed E-state index contributed by atoms with van der Waals surface area (Å²) < 4.78 is 0. The van der Waals surface area contributed by atoms with E-state index in [0.29, 0.717) is 11.9 Å². The molecular formula is C13H17NO. The van der Waals surface area contributed by atoms with Gasteiger partial charge in [-0.25, -0.2) is 0 Å². The molecule has 0 aliphatic carbocycles. The van der Waals surface area contributed by atoms with E-state index in [9.17, 15) is 4.79 Å². The van der Waals surface area contributed by atoms with Crippen LogP contribution in [0.15, 0.2) is 30.3 Å². The molecule has 2 rings (SSSR count). The van der Waals surface area contributed by atoms with Gasteiger partial charge in [0.05, 0.1) is 0 Å². The minimum absolute atomic E-state index is 0.318. The van der Waals surface area contributed by atoms with E-state index in [0.717, 1.165) is 25.8 Å². The molecule has 0 radical (unpaired) electrons. The van der Waals surface area contributed by atoms with Gasteiger partial charge in [0.15, 0.2) is 0 Å². The molecule has 1 atom stereocenters. The third-order valence-electron chi connectivity index (χ3n) is 3.02. The number of carbonyl (C=O) groups excluding carboxylic acids is 1. The maximum Gasteiger partial charge on any atom is 0.222 e. The number of likely N-dealkylation sites (tertiary alicyclic amines) is 1. The molecule has 15 heavy (non-hydrogen) atoms. The van der Waals surface area contributed by atoms with Crippen molar-refractivity contribution < 1.29 is 4.79 Å². The second kappa shape index (κ2) is 4.47. The Morgan fingerprint density at radius 3 is 2.67 bits per heavy atom. The molecule has 1 amide bonds. The Hall–Kier alpha value is -1.31. The van der Waals surface area contributed by atoms with Crippen LogP contribution < -0.4 is 0 Å². The van der Waals surface area contributed by atoms with Crippen molar-refractivity contribution in [3.8, 4) is 0 Å². The zero-order valence-electron chi connectivity index (χ0n) is 9.15. The quantitative estimate of drug-likeness (QED) is 0.737. The number of hydrogen-bond acceptors (Lipinski definition) is 1. The largest absolute Gasteiger partial charge is 0.340 e. The van der Waals surface area contributed by atoms with E-state index in [1.165, 1.54) is 5.56 Å². The molecule has 0 aromatic heterocycles. The molecule has 1 heterocycles. The molecule has 1 saturated heterocycles. The van der Waals surface area contributed by atoms with Crippen LogP contribution in [0, 0.1) is 0 Å². The topological polar surface area (TPSA) is 20.3 Å². The van der Waals surface area contributed by atoms with E-state index < -0.39 is 0 Å². The summed E-state index contributed by atoms with van der Waals surface area (Å²) in [5.74, 6) is 0.318. The maximum absolute atomic E-state index is 11.5. The van der Waals surface area contributed by atoms with Crippen molar-refractivity contribution in [2.75, 3.05) is 6.54 Å². The number of rotatable bonds is 3. The van der Waals surface area contributed by atoms with Crippen LogP contribution in [0.4, 0.5) is 0 Å². The fourth-order valence-corrected chi connectivity index (χ4v) is 2.20. The second-order valence-electron chi connectivity index (χ2n) is 4.23. The van der Waals surface area contributed by atoms with Crippen LogP contribution in [0.3, 0.4) is 0 Å². The first-order valence-corrected chi connectivity index (χ1v) is 5.61. The lowest BCUT2D eigenvalue weighted by atomic mass is 10.1. The van der Waals surface area contributed by atoms with Crippen molar-refractivity contribution in [3.05, 3.63) is 35.9 Å². The number of nitrogens with zero attached hydrogens (tertiary/aromatic N) is 1. The molecule has 1 aromatic carbocycles. The van der Waals surface area contributed by atoms with Crippen LogP contribution in [0.25, 0.3) is 0 Å². The van der Waals surface area contributed by atoms with Gasteiger partial charge in [0.2, 0.25) is 5.91 Å². The van der Waals surface area contributed by atoms with Gasteiger partial charge in [-0.1, -0.05) is 30.3 Å². The van der Waals surface area contributed by atoms with Gasteiger partial charge in [0.25, 0.3) is 0 Å². The van der Waals surface area contributed by atoms with Crippen LogP contribution in [-0.2, 0) is 11.2 Å². The maximum atomic E-state index is 11.5. The summed E-state index contributed by atoms with van der Waals surface area (Å²) in [5.41, 5.74) is 1.31. The molecule has 80 valence electrons. The summed E-state index contributed by atoms with van der Waals surface area (Å²) in [4.78, 5) is 13.5. The average Bonchev–Trinajstić information content (AvgIpc) is 2.66. The number of amides is 1.